The number of rotatable bonds is 3. The Hall–Kier alpha value is -3.49. The fourth-order valence-electron chi connectivity index (χ4n) is 7.30. The summed E-state index contributed by atoms with van der Waals surface area (Å²) in [6, 6.07) is 15.0. The van der Waals surface area contributed by atoms with Crippen molar-refractivity contribution in [3.05, 3.63) is 86.3 Å². The highest BCUT2D eigenvalue weighted by Gasteiger charge is 2.51. The van der Waals surface area contributed by atoms with E-state index in [9.17, 15) is 4.79 Å². The first kappa shape index (κ1) is 21.6. The van der Waals surface area contributed by atoms with E-state index in [0.717, 1.165) is 50.9 Å². The predicted molar refractivity (Wildman–Crippen MR) is 140 cm³/mol. The number of piperidine rings is 1. The van der Waals surface area contributed by atoms with E-state index >= 15 is 0 Å². The Kier molecular flexibility index (Phi) is 4.39. The topological polar surface area (TPSA) is 113 Å². The highest BCUT2D eigenvalue weighted by atomic mass is 16.5. The number of hydrogen-bond acceptors (Lipinski definition) is 6. The van der Waals surface area contributed by atoms with Gasteiger partial charge in [0.2, 0.25) is 5.95 Å². The van der Waals surface area contributed by atoms with Crippen molar-refractivity contribution in [1.82, 2.24) is 20.2 Å². The van der Waals surface area contributed by atoms with Crippen molar-refractivity contribution < 1.29 is 4.74 Å². The minimum Gasteiger partial charge on any atom is -0.372 e. The van der Waals surface area contributed by atoms with Crippen LogP contribution in [0.5, 0.6) is 0 Å². The van der Waals surface area contributed by atoms with Crippen LogP contribution in [0.3, 0.4) is 0 Å². The number of anilines is 1. The molecule has 8 nitrogen and oxygen atoms in total. The molecule has 1 saturated heterocycles. The molecule has 1 saturated carbocycles. The zero-order valence-electron chi connectivity index (χ0n) is 20.7. The second-order valence-corrected chi connectivity index (χ2v) is 11.4. The number of hydrogen-bond donors (Lipinski definition) is 3. The van der Waals surface area contributed by atoms with Crippen LogP contribution in [-0.4, -0.2) is 33.3 Å². The van der Waals surface area contributed by atoms with Crippen LogP contribution >= 0.6 is 0 Å². The molecule has 4 aromatic rings. The lowest BCUT2D eigenvalue weighted by Crippen LogP contribution is -2.45. The summed E-state index contributed by atoms with van der Waals surface area (Å²) in [5.74, 6) is 0.616. The van der Waals surface area contributed by atoms with Gasteiger partial charge in [-0.3, -0.25) is 14.9 Å². The minimum absolute atomic E-state index is 0.0649. The fourth-order valence-corrected chi connectivity index (χ4v) is 7.30. The van der Waals surface area contributed by atoms with Crippen molar-refractivity contribution in [3.63, 3.8) is 0 Å². The van der Waals surface area contributed by atoms with Crippen molar-refractivity contribution in [2.45, 2.75) is 56.8 Å². The molecular formula is C29H30N6O2. The van der Waals surface area contributed by atoms with Gasteiger partial charge in [-0.15, -0.1) is 0 Å². The molecule has 0 amide bonds. The molecule has 8 rings (SSSR count). The van der Waals surface area contributed by atoms with E-state index < -0.39 is 0 Å². The molecule has 37 heavy (non-hydrogen) atoms. The summed E-state index contributed by atoms with van der Waals surface area (Å²) < 4.78 is 5.73. The summed E-state index contributed by atoms with van der Waals surface area (Å²) in [7, 11) is 0. The molecule has 1 atom stereocenters. The molecule has 4 N–H and O–H groups in total. The number of fused-ring (bicyclic) bond motifs is 3. The molecule has 1 spiro atoms. The van der Waals surface area contributed by atoms with Gasteiger partial charge in [0, 0.05) is 24.5 Å². The molecule has 188 valence electrons. The van der Waals surface area contributed by atoms with E-state index in [1.807, 2.05) is 0 Å². The molecule has 2 aromatic carbocycles. The summed E-state index contributed by atoms with van der Waals surface area (Å²) in [6.45, 7) is 2.91. The van der Waals surface area contributed by atoms with Gasteiger partial charge in [0.1, 0.15) is 5.39 Å². The van der Waals surface area contributed by atoms with Crippen LogP contribution in [0.15, 0.2) is 47.3 Å². The Morgan fingerprint density at radius 1 is 1.00 bits per heavy atom. The molecule has 4 heterocycles. The van der Waals surface area contributed by atoms with Gasteiger partial charge in [-0.2, -0.15) is 10.1 Å². The standard InChI is InChI=1S/C29H30N6O2/c30-23-19-6-2-1-4-17(19)14-28(23)10-12-35(13-11-28)27-31-25-22(26(36)32-27)24(33-34-25)29(8-9-29)21-7-3-5-18-15-37-16-20(18)21/h1-7,23H,8-16,30H2,(H2,31,32,33,34,36)/t23-/m1/s1. The second kappa shape index (κ2) is 7.52. The quantitative estimate of drug-likeness (QED) is 0.401. The first-order valence-electron chi connectivity index (χ1n) is 13.3. The van der Waals surface area contributed by atoms with E-state index in [0.29, 0.717) is 30.2 Å². The second-order valence-electron chi connectivity index (χ2n) is 11.4. The van der Waals surface area contributed by atoms with Crippen LogP contribution in [0, 0.1) is 5.41 Å². The van der Waals surface area contributed by atoms with Crippen molar-refractivity contribution >= 4 is 17.0 Å². The Morgan fingerprint density at radius 2 is 1.81 bits per heavy atom. The van der Waals surface area contributed by atoms with E-state index in [4.69, 9.17) is 15.5 Å². The van der Waals surface area contributed by atoms with E-state index in [2.05, 4.69) is 62.5 Å². The van der Waals surface area contributed by atoms with Gasteiger partial charge >= 0.3 is 0 Å². The predicted octanol–water partition coefficient (Wildman–Crippen LogP) is 3.60. The maximum atomic E-state index is 13.5. The van der Waals surface area contributed by atoms with E-state index in [-0.39, 0.29) is 22.4 Å². The molecule has 8 heteroatoms. The highest BCUT2D eigenvalue weighted by Crippen LogP contribution is 2.56. The smallest absolute Gasteiger partial charge is 0.263 e. The van der Waals surface area contributed by atoms with Crippen LogP contribution in [0.1, 0.15) is 65.2 Å². The zero-order chi connectivity index (χ0) is 24.8. The maximum Gasteiger partial charge on any atom is 0.263 e. The molecule has 2 aliphatic carbocycles. The molecule has 0 unspecified atom stereocenters. The lowest BCUT2D eigenvalue weighted by Gasteiger charge is -2.42. The number of nitrogens with one attached hydrogen (secondary N) is 2. The largest absolute Gasteiger partial charge is 0.372 e. The molecule has 2 aromatic heterocycles. The molecular weight excluding hydrogens is 464 g/mol. The number of aromatic nitrogens is 4. The number of benzene rings is 2. The SMILES string of the molecule is N[C@@H]1c2ccccc2CC12CCN(c1nc3[nH]nc(C4(c5cccc6c5COC6)CC4)c3c(=O)[nH]1)CC2. The zero-order valence-corrected chi connectivity index (χ0v) is 20.7. The number of ether oxygens (including phenoxy) is 1. The van der Waals surface area contributed by atoms with Crippen molar-refractivity contribution in [2.75, 3.05) is 18.0 Å². The summed E-state index contributed by atoms with van der Waals surface area (Å²) in [6.07, 6.45) is 4.93. The van der Waals surface area contributed by atoms with Gasteiger partial charge in [-0.05, 0) is 65.3 Å². The summed E-state index contributed by atoms with van der Waals surface area (Å²) in [5, 5.41) is 8.37. The average Bonchev–Trinajstić information content (AvgIpc) is 3.25. The summed E-state index contributed by atoms with van der Waals surface area (Å²) >= 11 is 0. The molecule has 4 aliphatic rings. The van der Waals surface area contributed by atoms with Gasteiger partial charge < -0.3 is 15.4 Å². The molecule has 0 radical (unpaired) electrons. The van der Waals surface area contributed by atoms with Crippen LogP contribution in [0.2, 0.25) is 0 Å². The molecule has 0 bridgehead atoms. The van der Waals surface area contributed by atoms with Crippen LogP contribution < -0.4 is 16.2 Å². The number of H-pyrrole nitrogens is 2. The maximum absolute atomic E-state index is 13.5. The van der Waals surface area contributed by atoms with Crippen molar-refractivity contribution in [2.24, 2.45) is 11.1 Å². The average molecular weight is 495 g/mol. The van der Waals surface area contributed by atoms with E-state index in [1.54, 1.807) is 0 Å². The first-order chi connectivity index (χ1) is 18.1. The van der Waals surface area contributed by atoms with Gasteiger partial charge in [0.05, 0.1) is 18.9 Å². The normalized spacial score (nSPS) is 22.9. The van der Waals surface area contributed by atoms with Crippen molar-refractivity contribution in [1.29, 1.82) is 0 Å². The van der Waals surface area contributed by atoms with Gasteiger partial charge in [-0.1, -0.05) is 42.5 Å². The number of nitrogens with zero attached hydrogens (tertiary/aromatic N) is 3. The summed E-state index contributed by atoms with van der Waals surface area (Å²) in [4.78, 5) is 23.6. The van der Waals surface area contributed by atoms with Gasteiger partial charge in [0.15, 0.2) is 5.65 Å². The Labute approximate surface area is 214 Å². The third-order valence-electron chi connectivity index (χ3n) is 9.56. The lowest BCUT2D eigenvalue weighted by atomic mass is 9.73. The van der Waals surface area contributed by atoms with Gasteiger partial charge in [0.25, 0.3) is 5.56 Å². The van der Waals surface area contributed by atoms with Crippen molar-refractivity contribution in [3.8, 4) is 0 Å². The lowest BCUT2D eigenvalue weighted by molar-refractivity contribution is 0.134. The Bertz CT molecular complexity index is 1610. The minimum atomic E-state index is -0.237. The Morgan fingerprint density at radius 3 is 2.62 bits per heavy atom. The van der Waals surface area contributed by atoms with Crippen LogP contribution in [0.4, 0.5) is 5.95 Å². The number of nitrogens with two attached hydrogens (primary N) is 1. The van der Waals surface area contributed by atoms with Crippen LogP contribution in [-0.2, 0) is 29.8 Å². The fraction of sp³-hybridized carbons (Fsp3) is 0.414. The van der Waals surface area contributed by atoms with E-state index in [1.165, 1.54) is 27.8 Å². The monoisotopic (exact) mass is 494 g/mol. The highest BCUT2D eigenvalue weighted by molar-refractivity contribution is 5.80. The first-order valence-corrected chi connectivity index (χ1v) is 13.3. The Balaban J connectivity index is 1.10. The number of aromatic amines is 2. The third kappa shape index (κ3) is 3.00. The molecule has 2 fully saturated rings. The van der Waals surface area contributed by atoms with Crippen LogP contribution in [0.25, 0.3) is 11.0 Å². The third-order valence-corrected chi connectivity index (χ3v) is 9.56. The molecule has 2 aliphatic heterocycles. The summed E-state index contributed by atoms with van der Waals surface area (Å²) in [5.41, 5.74) is 14.3. The van der Waals surface area contributed by atoms with Gasteiger partial charge in [-0.25, -0.2) is 0 Å².